The number of aryl methyl sites for hydroxylation is 4. The van der Waals surface area contributed by atoms with E-state index < -0.39 is 0 Å². The van der Waals surface area contributed by atoms with Crippen molar-refractivity contribution in [3.05, 3.63) is 77.7 Å². The summed E-state index contributed by atoms with van der Waals surface area (Å²) in [5.74, 6) is 0.843. The molecule has 28 heavy (non-hydrogen) atoms. The number of anilines is 2. The molecule has 0 atom stereocenters. The van der Waals surface area contributed by atoms with Gasteiger partial charge in [0.25, 0.3) is 0 Å². The molecule has 142 valence electrons. The molecule has 0 aliphatic heterocycles. The molecular formula is C23H24N4O. The summed E-state index contributed by atoms with van der Waals surface area (Å²) in [7, 11) is 2.09. The normalized spacial score (nSPS) is 11.0. The van der Waals surface area contributed by atoms with E-state index in [4.69, 9.17) is 4.52 Å². The molecule has 0 aliphatic carbocycles. The van der Waals surface area contributed by atoms with Gasteiger partial charge in [-0.25, -0.2) is 4.98 Å². The molecular weight excluding hydrogens is 348 g/mol. The first-order valence-electron chi connectivity index (χ1n) is 9.32. The van der Waals surface area contributed by atoms with Crippen molar-refractivity contribution >= 4 is 11.4 Å². The smallest absolute Gasteiger partial charge is 0.141 e. The number of imidazole rings is 1. The Labute approximate surface area is 165 Å². The second-order valence-electron chi connectivity index (χ2n) is 7.20. The number of benzene rings is 2. The first kappa shape index (κ1) is 18.0. The van der Waals surface area contributed by atoms with Gasteiger partial charge in [0.1, 0.15) is 5.76 Å². The van der Waals surface area contributed by atoms with Gasteiger partial charge in [0.2, 0.25) is 0 Å². The van der Waals surface area contributed by atoms with Gasteiger partial charge in [-0.3, -0.25) is 0 Å². The largest absolute Gasteiger partial charge is 0.361 e. The van der Waals surface area contributed by atoms with Crippen LogP contribution >= 0.6 is 0 Å². The zero-order valence-electron chi connectivity index (χ0n) is 16.9. The Morgan fingerprint density at radius 3 is 2.32 bits per heavy atom. The van der Waals surface area contributed by atoms with Gasteiger partial charge in [0.15, 0.2) is 0 Å². The van der Waals surface area contributed by atoms with Crippen LogP contribution in [0.4, 0.5) is 11.4 Å². The van der Waals surface area contributed by atoms with Crippen molar-refractivity contribution in [2.24, 2.45) is 0 Å². The second kappa shape index (κ2) is 7.00. The van der Waals surface area contributed by atoms with E-state index in [0.717, 1.165) is 45.3 Å². The van der Waals surface area contributed by atoms with Crippen LogP contribution in [-0.2, 0) is 0 Å². The van der Waals surface area contributed by atoms with Crippen molar-refractivity contribution in [3.8, 4) is 16.8 Å². The number of aromatic nitrogens is 3. The lowest BCUT2D eigenvalue weighted by Gasteiger charge is -2.23. The Bertz CT molecular complexity index is 1100. The summed E-state index contributed by atoms with van der Waals surface area (Å²) < 4.78 is 7.38. The van der Waals surface area contributed by atoms with Crippen molar-refractivity contribution in [1.82, 2.24) is 14.7 Å². The van der Waals surface area contributed by atoms with Gasteiger partial charge in [-0.15, -0.1) is 0 Å². The maximum Gasteiger partial charge on any atom is 0.141 e. The SMILES string of the molecule is Cc1cn(-c2ccc(N(C)c3cc(-c4c(C)noc4C)ccc3C)cc2)cn1. The van der Waals surface area contributed by atoms with Crippen LogP contribution in [0.3, 0.4) is 0 Å². The highest BCUT2D eigenvalue weighted by Crippen LogP contribution is 2.34. The van der Waals surface area contributed by atoms with Crippen LogP contribution in [0.5, 0.6) is 0 Å². The van der Waals surface area contributed by atoms with E-state index in [-0.39, 0.29) is 0 Å². The van der Waals surface area contributed by atoms with E-state index in [1.54, 1.807) is 0 Å². The maximum atomic E-state index is 5.35. The Hall–Kier alpha value is -3.34. The number of nitrogens with zero attached hydrogens (tertiary/aromatic N) is 4. The molecule has 5 heteroatoms. The Balaban J connectivity index is 1.68. The molecule has 0 saturated carbocycles. The lowest BCUT2D eigenvalue weighted by molar-refractivity contribution is 0.393. The zero-order valence-corrected chi connectivity index (χ0v) is 16.9. The van der Waals surface area contributed by atoms with Gasteiger partial charge in [0, 0.05) is 35.9 Å². The highest BCUT2D eigenvalue weighted by Gasteiger charge is 2.15. The molecule has 4 rings (SSSR count). The predicted octanol–water partition coefficient (Wildman–Crippen LogP) is 5.53. The first-order valence-corrected chi connectivity index (χ1v) is 9.32. The molecule has 0 N–H and O–H groups in total. The van der Waals surface area contributed by atoms with E-state index in [1.165, 1.54) is 5.56 Å². The van der Waals surface area contributed by atoms with Crippen LogP contribution in [0.1, 0.15) is 22.7 Å². The zero-order chi connectivity index (χ0) is 19.8. The molecule has 0 unspecified atom stereocenters. The van der Waals surface area contributed by atoms with Gasteiger partial charge >= 0.3 is 0 Å². The van der Waals surface area contributed by atoms with Crippen LogP contribution in [0.25, 0.3) is 16.8 Å². The molecule has 0 bridgehead atoms. The number of hydrogen-bond acceptors (Lipinski definition) is 4. The standard InChI is InChI=1S/C23H24N4O/c1-15-6-7-19(23-17(3)25-28-18(23)4)12-22(15)26(5)20-8-10-21(11-9-20)27-13-16(2)24-14-27/h6-14H,1-5H3. The fraction of sp³-hybridized carbons (Fsp3) is 0.217. The highest BCUT2D eigenvalue weighted by atomic mass is 16.5. The molecule has 5 nitrogen and oxygen atoms in total. The Morgan fingerprint density at radius 2 is 1.71 bits per heavy atom. The van der Waals surface area contributed by atoms with E-state index in [0.29, 0.717) is 0 Å². The summed E-state index contributed by atoms with van der Waals surface area (Å²) in [6.07, 6.45) is 3.86. The van der Waals surface area contributed by atoms with Gasteiger partial charge in [-0.05, 0) is 69.2 Å². The van der Waals surface area contributed by atoms with Crippen LogP contribution < -0.4 is 4.90 Å². The molecule has 0 amide bonds. The molecule has 2 aromatic carbocycles. The molecule has 0 spiro atoms. The average molecular weight is 372 g/mol. The number of rotatable bonds is 4. The van der Waals surface area contributed by atoms with E-state index in [2.05, 4.69) is 71.5 Å². The first-order chi connectivity index (χ1) is 13.4. The quantitative estimate of drug-likeness (QED) is 0.473. The number of hydrogen-bond donors (Lipinski definition) is 0. The fourth-order valence-electron chi connectivity index (χ4n) is 3.57. The Morgan fingerprint density at radius 1 is 0.964 bits per heavy atom. The minimum atomic E-state index is 0.843. The summed E-state index contributed by atoms with van der Waals surface area (Å²) in [6.45, 7) is 8.06. The van der Waals surface area contributed by atoms with Crippen LogP contribution in [0.15, 0.2) is 59.5 Å². The Kier molecular flexibility index (Phi) is 4.51. The molecule has 0 aliphatic rings. The monoisotopic (exact) mass is 372 g/mol. The molecule has 2 heterocycles. The average Bonchev–Trinajstić information content (AvgIpc) is 3.27. The third kappa shape index (κ3) is 3.20. The van der Waals surface area contributed by atoms with Crippen molar-refractivity contribution < 1.29 is 4.52 Å². The van der Waals surface area contributed by atoms with Gasteiger partial charge in [-0.2, -0.15) is 0 Å². The van der Waals surface area contributed by atoms with Crippen molar-refractivity contribution in [3.63, 3.8) is 0 Å². The lowest BCUT2D eigenvalue weighted by atomic mass is 10.0. The summed E-state index contributed by atoms with van der Waals surface area (Å²) in [6, 6.07) is 15.0. The van der Waals surface area contributed by atoms with Gasteiger partial charge in [0.05, 0.1) is 17.7 Å². The van der Waals surface area contributed by atoms with Crippen molar-refractivity contribution in [2.45, 2.75) is 27.7 Å². The molecule has 0 saturated heterocycles. The molecule has 2 aromatic heterocycles. The summed E-state index contributed by atoms with van der Waals surface area (Å²) in [4.78, 5) is 6.51. The van der Waals surface area contributed by atoms with Crippen molar-refractivity contribution in [1.29, 1.82) is 0 Å². The summed E-state index contributed by atoms with van der Waals surface area (Å²) in [5.41, 5.74) is 8.70. The summed E-state index contributed by atoms with van der Waals surface area (Å²) in [5, 5.41) is 4.09. The summed E-state index contributed by atoms with van der Waals surface area (Å²) >= 11 is 0. The highest BCUT2D eigenvalue weighted by molar-refractivity contribution is 5.76. The minimum absolute atomic E-state index is 0.843. The fourth-order valence-corrected chi connectivity index (χ4v) is 3.57. The van der Waals surface area contributed by atoms with Crippen LogP contribution in [-0.4, -0.2) is 21.8 Å². The maximum absolute atomic E-state index is 5.35. The van der Waals surface area contributed by atoms with Crippen molar-refractivity contribution in [2.75, 3.05) is 11.9 Å². The second-order valence-corrected chi connectivity index (χ2v) is 7.20. The van der Waals surface area contributed by atoms with Gasteiger partial charge in [-0.1, -0.05) is 17.3 Å². The molecule has 0 radical (unpaired) electrons. The predicted molar refractivity (Wildman–Crippen MR) is 113 cm³/mol. The third-order valence-electron chi connectivity index (χ3n) is 5.14. The minimum Gasteiger partial charge on any atom is -0.361 e. The van der Waals surface area contributed by atoms with Gasteiger partial charge < -0.3 is 14.0 Å². The topological polar surface area (TPSA) is 47.1 Å². The van der Waals surface area contributed by atoms with Crippen LogP contribution in [0, 0.1) is 27.7 Å². The van der Waals surface area contributed by atoms with E-state index >= 15 is 0 Å². The van der Waals surface area contributed by atoms with E-state index in [9.17, 15) is 0 Å². The lowest BCUT2D eigenvalue weighted by Crippen LogP contribution is -2.11. The molecule has 4 aromatic rings. The molecule has 0 fully saturated rings. The van der Waals surface area contributed by atoms with E-state index in [1.807, 2.05) is 37.9 Å². The van der Waals surface area contributed by atoms with Crippen LogP contribution in [0.2, 0.25) is 0 Å². The third-order valence-corrected chi connectivity index (χ3v) is 5.14.